The topological polar surface area (TPSA) is 72.0 Å². The second kappa shape index (κ2) is 8.63. The van der Waals surface area contributed by atoms with Crippen molar-refractivity contribution < 1.29 is 19.1 Å². The van der Waals surface area contributed by atoms with E-state index in [0.29, 0.717) is 31.9 Å². The third kappa shape index (κ3) is 4.36. The van der Waals surface area contributed by atoms with Gasteiger partial charge in [0.25, 0.3) is 5.91 Å². The summed E-state index contributed by atoms with van der Waals surface area (Å²) in [6.45, 7) is 2.86. The van der Waals surface area contributed by atoms with Gasteiger partial charge in [-0.05, 0) is 43.4 Å². The average molecular weight is 399 g/mol. The predicted molar refractivity (Wildman–Crippen MR) is 107 cm³/mol. The van der Waals surface area contributed by atoms with Crippen LogP contribution in [0.3, 0.4) is 0 Å². The van der Waals surface area contributed by atoms with Crippen molar-refractivity contribution in [3.63, 3.8) is 0 Å². The van der Waals surface area contributed by atoms with Crippen molar-refractivity contribution in [3.8, 4) is 0 Å². The largest absolute Gasteiger partial charge is 0.377 e. The summed E-state index contributed by atoms with van der Waals surface area (Å²) < 4.78 is 11.5. The molecule has 0 aromatic carbocycles. The summed E-state index contributed by atoms with van der Waals surface area (Å²) >= 11 is 0. The maximum atomic E-state index is 13.1. The van der Waals surface area contributed by atoms with Gasteiger partial charge in [0.05, 0.1) is 43.4 Å². The zero-order valence-corrected chi connectivity index (χ0v) is 17.0. The van der Waals surface area contributed by atoms with Gasteiger partial charge in [-0.3, -0.25) is 14.6 Å². The van der Waals surface area contributed by atoms with Crippen molar-refractivity contribution in [2.75, 3.05) is 40.0 Å². The molecule has 7 heteroatoms. The van der Waals surface area contributed by atoms with E-state index in [4.69, 9.17) is 9.47 Å². The van der Waals surface area contributed by atoms with E-state index in [9.17, 15) is 9.59 Å². The molecule has 1 atom stereocenters. The van der Waals surface area contributed by atoms with E-state index in [2.05, 4.69) is 11.1 Å². The van der Waals surface area contributed by atoms with E-state index in [1.807, 2.05) is 11.9 Å². The number of aromatic nitrogens is 1. The fourth-order valence-corrected chi connectivity index (χ4v) is 4.33. The van der Waals surface area contributed by atoms with E-state index in [0.717, 1.165) is 37.9 Å². The Bertz CT molecular complexity index is 776. The number of hydrogen-bond donors (Lipinski definition) is 0. The van der Waals surface area contributed by atoms with Crippen LogP contribution in [-0.2, 0) is 14.3 Å². The van der Waals surface area contributed by atoms with Crippen LogP contribution in [0.5, 0.6) is 0 Å². The van der Waals surface area contributed by atoms with Crippen LogP contribution in [0.15, 0.2) is 36.2 Å². The van der Waals surface area contributed by atoms with Gasteiger partial charge in [0.15, 0.2) is 0 Å². The minimum Gasteiger partial charge on any atom is -0.377 e. The molecule has 2 fully saturated rings. The lowest BCUT2D eigenvalue weighted by molar-refractivity contribution is -0.146. The van der Waals surface area contributed by atoms with Crippen LogP contribution in [0.1, 0.15) is 42.5 Å². The summed E-state index contributed by atoms with van der Waals surface area (Å²) in [4.78, 5) is 33.6. The van der Waals surface area contributed by atoms with Gasteiger partial charge in [0, 0.05) is 32.5 Å². The molecule has 0 radical (unpaired) electrons. The highest BCUT2D eigenvalue weighted by Crippen LogP contribution is 2.41. The van der Waals surface area contributed by atoms with Crippen LogP contribution in [0, 0.1) is 0 Å². The number of carbonyl (C=O) groups excluding carboxylic acids is 2. The lowest BCUT2D eigenvalue weighted by Gasteiger charge is -2.54. The molecule has 1 saturated carbocycles. The number of amides is 2. The number of likely N-dealkylation sites (N-methyl/N-ethyl adjacent to an activating group) is 1. The van der Waals surface area contributed by atoms with Gasteiger partial charge < -0.3 is 19.3 Å². The molecule has 1 spiro atoms. The van der Waals surface area contributed by atoms with E-state index in [1.165, 1.54) is 0 Å². The van der Waals surface area contributed by atoms with Gasteiger partial charge in [0.2, 0.25) is 5.91 Å². The summed E-state index contributed by atoms with van der Waals surface area (Å²) in [7, 11) is 1.81. The molecular formula is C22H29N3O4. The SMILES string of the molecule is CN(CC1=CCCOC1)C(=O)CC1CN(C(=O)c2cccnc2)C2(CCC2)CO1. The Hall–Kier alpha value is -2.25. The molecule has 29 heavy (non-hydrogen) atoms. The summed E-state index contributed by atoms with van der Waals surface area (Å²) in [6.07, 6.45) is 9.32. The molecule has 7 nitrogen and oxygen atoms in total. The van der Waals surface area contributed by atoms with Crippen molar-refractivity contribution in [1.29, 1.82) is 0 Å². The molecule has 156 valence electrons. The Morgan fingerprint density at radius 2 is 2.24 bits per heavy atom. The van der Waals surface area contributed by atoms with Gasteiger partial charge in [-0.25, -0.2) is 0 Å². The third-order valence-corrected chi connectivity index (χ3v) is 6.24. The van der Waals surface area contributed by atoms with Crippen LogP contribution in [-0.4, -0.2) is 78.2 Å². The first-order valence-electron chi connectivity index (χ1n) is 10.4. The normalized spacial score (nSPS) is 23.3. The lowest BCUT2D eigenvalue weighted by Crippen LogP contribution is -2.65. The zero-order chi connectivity index (χ0) is 20.3. The van der Waals surface area contributed by atoms with Crippen LogP contribution in [0.25, 0.3) is 0 Å². The Morgan fingerprint density at radius 3 is 2.90 bits per heavy atom. The predicted octanol–water partition coefficient (Wildman–Crippen LogP) is 2.04. The second-order valence-corrected chi connectivity index (χ2v) is 8.33. The average Bonchev–Trinajstić information content (AvgIpc) is 2.73. The molecule has 3 aliphatic rings. The highest BCUT2D eigenvalue weighted by Gasteiger charge is 2.49. The number of carbonyl (C=O) groups is 2. The smallest absolute Gasteiger partial charge is 0.256 e. The monoisotopic (exact) mass is 399 g/mol. The highest BCUT2D eigenvalue weighted by atomic mass is 16.5. The van der Waals surface area contributed by atoms with Crippen LogP contribution in [0.4, 0.5) is 0 Å². The molecule has 3 heterocycles. The van der Waals surface area contributed by atoms with E-state index in [-0.39, 0.29) is 29.9 Å². The minimum absolute atomic E-state index is 0.0172. The van der Waals surface area contributed by atoms with Gasteiger partial charge in [-0.15, -0.1) is 0 Å². The van der Waals surface area contributed by atoms with Crippen LogP contribution in [0.2, 0.25) is 0 Å². The number of pyridine rings is 1. The first-order valence-corrected chi connectivity index (χ1v) is 10.4. The third-order valence-electron chi connectivity index (χ3n) is 6.24. The molecule has 1 aliphatic carbocycles. The Balaban J connectivity index is 1.39. The molecule has 1 saturated heterocycles. The number of rotatable bonds is 5. The molecular weight excluding hydrogens is 370 g/mol. The van der Waals surface area contributed by atoms with Crippen LogP contribution >= 0.6 is 0 Å². The molecule has 1 unspecified atom stereocenters. The Labute approximate surface area is 171 Å². The lowest BCUT2D eigenvalue weighted by atomic mass is 9.74. The van der Waals surface area contributed by atoms with Crippen molar-refractivity contribution in [2.45, 2.75) is 43.7 Å². The van der Waals surface area contributed by atoms with Gasteiger partial charge in [-0.1, -0.05) is 6.08 Å². The van der Waals surface area contributed by atoms with Crippen molar-refractivity contribution in [1.82, 2.24) is 14.8 Å². The van der Waals surface area contributed by atoms with Gasteiger partial charge >= 0.3 is 0 Å². The second-order valence-electron chi connectivity index (χ2n) is 8.33. The number of ether oxygens (including phenoxy) is 2. The quantitative estimate of drug-likeness (QED) is 0.709. The molecule has 0 N–H and O–H groups in total. The Morgan fingerprint density at radius 1 is 1.38 bits per heavy atom. The van der Waals surface area contributed by atoms with Gasteiger partial charge in [-0.2, -0.15) is 0 Å². The summed E-state index contributed by atoms with van der Waals surface area (Å²) in [5.74, 6) is 0.0104. The molecule has 2 amide bonds. The summed E-state index contributed by atoms with van der Waals surface area (Å²) in [5, 5.41) is 0. The summed E-state index contributed by atoms with van der Waals surface area (Å²) in [6, 6.07) is 3.58. The van der Waals surface area contributed by atoms with Crippen LogP contribution < -0.4 is 0 Å². The van der Waals surface area contributed by atoms with Crippen molar-refractivity contribution in [2.24, 2.45) is 0 Å². The van der Waals surface area contributed by atoms with E-state index < -0.39 is 0 Å². The molecule has 1 aromatic rings. The maximum Gasteiger partial charge on any atom is 0.256 e. The molecule has 0 bridgehead atoms. The fraction of sp³-hybridized carbons (Fsp3) is 0.591. The molecule has 1 aromatic heterocycles. The number of morpholine rings is 1. The Kier molecular flexibility index (Phi) is 5.96. The first-order chi connectivity index (χ1) is 14.1. The number of nitrogens with zero attached hydrogens (tertiary/aromatic N) is 3. The zero-order valence-electron chi connectivity index (χ0n) is 17.0. The van der Waals surface area contributed by atoms with Crippen molar-refractivity contribution in [3.05, 3.63) is 41.7 Å². The summed E-state index contributed by atoms with van der Waals surface area (Å²) in [5.41, 5.74) is 1.51. The molecule has 4 rings (SSSR count). The standard InChI is InChI=1S/C22H29N3O4/c1-24(13-17-5-3-10-28-15-17)20(26)11-19-14-25(22(16-29-19)7-4-8-22)21(27)18-6-2-9-23-12-18/h2,5-6,9,12,19H,3-4,7-8,10-11,13-16H2,1H3. The van der Waals surface area contributed by atoms with Gasteiger partial charge in [0.1, 0.15) is 0 Å². The highest BCUT2D eigenvalue weighted by molar-refractivity contribution is 5.94. The number of hydrogen-bond acceptors (Lipinski definition) is 5. The van der Waals surface area contributed by atoms with E-state index in [1.54, 1.807) is 29.4 Å². The fourth-order valence-electron chi connectivity index (χ4n) is 4.33. The first kappa shape index (κ1) is 20.0. The van der Waals surface area contributed by atoms with Crippen molar-refractivity contribution >= 4 is 11.8 Å². The molecule has 2 aliphatic heterocycles. The maximum absolute atomic E-state index is 13.1. The minimum atomic E-state index is -0.284. The van der Waals surface area contributed by atoms with E-state index >= 15 is 0 Å².